The van der Waals surface area contributed by atoms with Crippen LogP contribution in [0.25, 0.3) is 50.4 Å². The van der Waals surface area contributed by atoms with Crippen LogP contribution >= 0.6 is 0 Å². The molecule has 0 fully saturated rings. The third-order valence-electron chi connectivity index (χ3n) is 13.2. The highest BCUT2D eigenvalue weighted by Gasteiger charge is 2.27. The van der Waals surface area contributed by atoms with E-state index in [4.69, 9.17) is 14.8 Å². The van der Waals surface area contributed by atoms with E-state index in [1.807, 2.05) is 23.0 Å². The highest BCUT2D eigenvalue weighted by molar-refractivity contribution is 6.09. The molecule has 0 saturated carbocycles. The first-order valence-corrected chi connectivity index (χ1v) is 24.1. The first-order valence-electron chi connectivity index (χ1n) is 24.1. The van der Waals surface area contributed by atoms with Gasteiger partial charge in [-0.1, -0.05) is 179 Å². The Bertz CT molecular complexity index is 3000. The molecular formula is C61H73N5O. The fraction of sp³-hybridized carbons (Fsp3) is 0.393. The first-order chi connectivity index (χ1) is 30.9. The third-order valence-corrected chi connectivity index (χ3v) is 13.2. The lowest BCUT2D eigenvalue weighted by Gasteiger charge is -2.27. The minimum atomic E-state index is -0.0658. The summed E-state index contributed by atoms with van der Waals surface area (Å²) < 4.78 is 13.1. The molecule has 0 unspecified atom stereocenters. The van der Waals surface area contributed by atoms with Gasteiger partial charge in [-0.15, -0.1) is 0 Å². The Balaban J connectivity index is 1.28. The van der Waals surface area contributed by atoms with Gasteiger partial charge in [0.2, 0.25) is 12.2 Å². The second-order valence-corrected chi connectivity index (χ2v) is 25.0. The summed E-state index contributed by atoms with van der Waals surface area (Å²) in [4.78, 5) is 4.95. The van der Waals surface area contributed by atoms with Gasteiger partial charge in [0.25, 0.3) is 0 Å². The highest BCUT2D eigenvalue weighted by atomic mass is 16.5. The molecule has 0 N–H and O–H groups in total. The number of nitrogens with zero attached hydrogens (tertiary/aromatic N) is 5. The Labute approximate surface area is 401 Å². The summed E-state index contributed by atoms with van der Waals surface area (Å²) in [6.07, 6.45) is 5.66. The largest absolute Gasteiger partial charge is 0.458 e. The van der Waals surface area contributed by atoms with Crippen molar-refractivity contribution in [3.8, 4) is 40.1 Å². The Hall–Kier alpha value is -6.01. The summed E-state index contributed by atoms with van der Waals surface area (Å²) in [5, 5.41) is 7.78. The first kappa shape index (κ1) is 47.5. The van der Waals surface area contributed by atoms with E-state index in [2.05, 4.69) is 237 Å². The van der Waals surface area contributed by atoms with Crippen molar-refractivity contribution < 1.29 is 9.30 Å². The maximum Gasteiger partial charge on any atom is 0.231 e. The number of hydrogen-bond donors (Lipinski definition) is 0. The van der Waals surface area contributed by atoms with Gasteiger partial charge in [-0.25, -0.2) is 4.98 Å². The number of ether oxygens (including phenoxy) is 1. The molecular weight excluding hydrogens is 819 g/mol. The van der Waals surface area contributed by atoms with Crippen LogP contribution in [0.15, 0.2) is 115 Å². The van der Waals surface area contributed by atoms with Crippen LogP contribution in [0, 0.1) is 6.33 Å². The molecule has 0 spiro atoms. The lowest BCUT2D eigenvalue weighted by Crippen LogP contribution is -2.33. The standard InChI is InChI=1S/C61H73N5O/c1-56(2,3)40-22-25-52-51(34-40)50-24-23-49(37-53(50)66(52)54-35-41(26-27-62-54)57(4,5)6)67-48-21-19-20-46(36-48)65-38-64(47-32-44(60(13,14)15)31-45(33-47)61(16,17)18)55(63-65)39-28-42(58(7,8)9)30-43(29-39)59(10,11)12/h19-37H,1-18H3. The maximum atomic E-state index is 6.81. The summed E-state index contributed by atoms with van der Waals surface area (Å²) in [5.41, 5.74) is 12.4. The van der Waals surface area contributed by atoms with Crippen LogP contribution in [0.2, 0.25) is 0 Å². The van der Waals surface area contributed by atoms with Crippen molar-refractivity contribution in [2.75, 3.05) is 0 Å². The summed E-state index contributed by atoms with van der Waals surface area (Å²) >= 11 is 0. The smallest absolute Gasteiger partial charge is 0.231 e. The van der Waals surface area contributed by atoms with E-state index < -0.39 is 0 Å². The van der Waals surface area contributed by atoms with Crippen LogP contribution in [0.1, 0.15) is 158 Å². The third kappa shape index (κ3) is 9.73. The van der Waals surface area contributed by atoms with Crippen molar-refractivity contribution in [3.05, 3.63) is 155 Å². The minimum Gasteiger partial charge on any atom is -0.458 e. The number of pyridine rings is 1. The summed E-state index contributed by atoms with van der Waals surface area (Å²) in [6.45, 7) is 41.0. The zero-order valence-electron chi connectivity index (χ0n) is 43.6. The van der Waals surface area contributed by atoms with Gasteiger partial charge in [0.1, 0.15) is 17.3 Å². The van der Waals surface area contributed by atoms with Crippen molar-refractivity contribution in [3.63, 3.8) is 0 Å². The van der Waals surface area contributed by atoms with Crippen LogP contribution in [-0.4, -0.2) is 19.3 Å². The van der Waals surface area contributed by atoms with Crippen LogP contribution in [0.5, 0.6) is 11.5 Å². The summed E-state index contributed by atoms with van der Waals surface area (Å²) in [7, 11) is 0. The van der Waals surface area contributed by atoms with E-state index in [9.17, 15) is 0 Å². The van der Waals surface area contributed by atoms with Crippen molar-refractivity contribution in [1.29, 1.82) is 0 Å². The van der Waals surface area contributed by atoms with E-state index in [0.29, 0.717) is 5.75 Å². The SMILES string of the molecule is CC(C)(C)c1cc(-c2nn(-c3cccc(Oc4ccc5c6cc(C(C)(C)C)ccc6n(-c6cc(C(C)(C)C)ccn6)c5c4)c3)[c-][n+]2-c2cc(C(C)(C)C)cc(C(C)(C)C)c2)cc(C(C)(C)C)c1. The fourth-order valence-corrected chi connectivity index (χ4v) is 8.61. The number of aromatic nitrogens is 5. The molecule has 0 radical (unpaired) electrons. The Morgan fingerprint density at radius 3 is 1.57 bits per heavy atom. The highest BCUT2D eigenvalue weighted by Crippen LogP contribution is 2.39. The quantitative estimate of drug-likeness (QED) is 0.123. The molecule has 0 aliphatic carbocycles. The average molecular weight is 892 g/mol. The molecule has 0 bridgehead atoms. The molecule has 0 aliphatic heterocycles. The topological polar surface area (TPSA) is 48.8 Å². The molecule has 3 aromatic heterocycles. The van der Waals surface area contributed by atoms with Gasteiger partial charge >= 0.3 is 0 Å². The van der Waals surface area contributed by atoms with Crippen molar-refractivity contribution >= 4 is 21.8 Å². The summed E-state index contributed by atoms with van der Waals surface area (Å²) in [6, 6.07) is 39.8. The van der Waals surface area contributed by atoms with Crippen molar-refractivity contribution in [1.82, 2.24) is 19.3 Å². The van der Waals surface area contributed by atoms with E-state index >= 15 is 0 Å². The van der Waals surface area contributed by atoms with Crippen LogP contribution in [-0.2, 0) is 32.5 Å². The number of fused-ring (bicyclic) bond motifs is 3. The molecule has 0 amide bonds. The van der Waals surface area contributed by atoms with Crippen molar-refractivity contribution in [2.24, 2.45) is 0 Å². The molecule has 3 heterocycles. The average Bonchev–Trinajstić information content (AvgIpc) is 3.82. The Morgan fingerprint density at radius 1 is 0.463 bits per heavy atom. The van der Waals surface area contributed by atoms with Crippen LogP contribution in [0.3, 0.4) is 0 Å². The van der Waals surface area contributed by atoms with E-state index in [0.717, 1.165) is 50.7 Å². The van der Waals surface area contributed by atoms with Crippen molar-refractivity contribution in [2.45, 2.75) is 157 Å². The molecule has 8 aromatic rings. The lowest BCUT2D eigenvalue weighted by molar-refractivity contribution is -0.589. The van der Waals surface area contributed by atoms with Gasteiger partial charge in [0.15, 0.2) is 0 Å². The zero-order valence-corrected chi connectivity index (χ0v) is 43.6. The number of hydrogen-bond acceptors (Lipinski definition) is 3. The van der Waals surface area contributed by atoms with Gasteiger partial charge in [-0.2, -0.15) is 4.68 Å². The normalized spacial score (nSPS) is 13.2. The predicted octanol–water partition coefficient (Wildman–Crippen LogP) is 15.7. The molecule has 8 rings (SSSR count). The predicted molar refractivity (Wildman–Crippen MR) is 280 cm³/mol. The van der Waals surface area contributed by atoms with Gasteiger partial charge in [0, 0.05) is 34.3 Å². The number of rotatable bonds is 6. The monoisotopic (exact) mass is 892 g/mol. The Morgan fingerprint density at radius 2 is 1.00 bits per heavy atom. The molecule has 348 valence electrons. The maximum absolute atomic E-state index is 6.81. The molecule has 0 atom stereocenters. The van der Waals surface area contributed by atoms with Gasteiger partial charge in [-0.05, 0) is 120 Å². The van der Waals surface area contributed by atoms with E-state index in [1.54, 1.807) is 0 Å². The second kappa shape index (κ2) is 16.4. The molecule has 6 nitrogen and oxygen atoms in total. The fourth-order valence-electron chi connectivity index (χ4n) is 8.61. The van der Waals surface area contributed by atoms with Crippen LogP contribution in [0.4, 0.5) is 0 Å². The van der Waals surface area contributed by atoms with Gasteiger partial charge in [-0.3, -0.25) is 4.57 Å². The van der Waals surface area contributed by atoms with E-state index in [-0.39, 0.29) is 32.5 Å². The minimum absolute atomic E-state index is 0.00474. The van der Waals surface area contributed by atoms with Gasteiger partial charge in [0.05, 0.1) is 16.7 Å². The van der Waals surface area contributed by atoms with E-state index in [1.165, 1.54) is 38.8 Å². The zero-order chi connectivity index (χ0) is 48.8. The number of benzene rings is 5. The molecule has 67 heavy (non-hydrogen) atoms. The Kier molecular flexibility index (Phi) is 11.6. The van der Waals surface area contributed by atoms with Gasteiger partial charge < -0.3 is 9.30 Å². The summed E-state index contributed by atoms with van der Waals surface area (Å²) in [5.74, 6) is 3.15. The molecule has 5 aromatic carbocycles. The molecule has 6 heteroatoms. The molecule has 0 aliphatic rings. The molecule has 0 saturated heterocycles. The van der Waals surface area contributed by atoms with Crippen LogP contribution < -0.4 is 9.30 Å². The lowest BCUT2D eigenvalue weighted by atomic mass is 9.79. The second-order valence-electron chi connectivity index (χ2n) is 25.0.